The normalized spacial score (nSPS) is 18.6. The third kappa shape index (κ3) is 5.12. The Morgan fingerprint density at radius 2 is 2.28 bits per heavy atom. The van der Waals surface area contributed by atoms with Gasteiger partial charge in [0, 0.05) is 43.8 Å². The first kappa shape index (κ1) is 18.1. The highest BCUT2D eigenvalue weighted by atomic mass is 32.1. The fraction of sp³-hybridized carbons (Fsp3) is 0.611. The van der Waals surface area contributed by atoms with Gasteiger partial charge in [0.2, 0.25) is 5.91 Å². The molecule has 1 aliphatic rings. The molecule has 6 nitrogen and oxygen atoms in total. The second kappa shape index (κ2) is 8.10. The van der Waals surface area contributed by atoms with Gasteiger partial charge in [0.05, 0.1) is 6.20 Å². The summed E-state index contributed by atoms with van der Waals surface area (Å²) in [6, 6.07) is 0. The van der Waals surface area contributed by atoms with Crippen molar-refractivity contribution in [2.45, 2.75) is 52.6 Å². The fourth-order valence-corrected chi connectivity index (χ4v) is 4.20. The summed E-state index contributed by atoms with van der Waals surface area (Å²) in [5.41, 5.74) is 1.31. The fourth-order valence-electron chi connectivity index (χ4n) is 3.30. The van der Waals surface area contributed by atoms with Gasteiger partial charge in [-0.1, -0.05) is 13.8 Å². The second-order valence-electron chi connectivity index (χ2n) is 7.21. The van der Waals surface area contributed by atoms with Crippen molar-refractivity contribution < 1.29 is 4.79 Å². The summed E-state index contributed by atoms with van der Waals surface area (Å²) in [4.78, 5) is 19.1. The lowest BCUT2D eigenvalue weighted by atomic mass is 9.98. The van der Waals surface area contributed by atoms with Crippen LogP contribution in [0, 0.1) is 5.92 Å². The molecule has 1 unspecified atom stereocenters. The molecule has 25 heavy (non-hydrogen) atoms. The molecule has 3 rings (SSSR count). The second-order valence-corrected chi connectivity index (χ2v) is 8.32. The molecule has 0 aromatic carbocycles. The molecule has 2 aromatic rings. The lowest BCUT2D eigenvalue weighted by Gasteiger charge is -2.32. The van der Waals surface area contributed by atoms with Gasteiger partial charge in [0.25, 0.3) is 0 Å². The molecular weight excluding hydrogens is 334 g/mol. The lowest BCUT2D eigenvalue weighted by Crippen LogP contribution is -2.36. The number of carbonyl (C=O) groups is 1. The summed E-state index contributed by atoms with van der Waals surface area (Å²) in [5, 5.41) is 7.96. The largest absolute Gasteiger partial charge is 0.302 e. The highest BCUT2D eigenvalue weighted by molar-refractivity contribution is 7.15. The van der Waals surface area contributed by atoms with Crippen LogP contribution in [0.2, 0.25) is 0 Å². The number of carbonyl (C=O) groups excluding carboxylic acids is 1. The lowest BCUT2D eigenvalue weighted by molar-refractivity contribution is -0.114. The van der Waals surface area contributed by atoms with Crippen LogP contribution in [-0.2, 0) is 17.9 Å². The quantitative estimate of drug-likeness (QED) is 0.857. The molecule has 7 heteroatoms. The average Bonchev–Trinajstić information content (AvgIpc) is 3.17. The van der Waals surface area contributed by atoms with Crippen LogP contribution in [-0.4, -0.2) is 38.7 Å². The van der Waals surface area contributed by atoms with Gasteiger partial charge < -0.3 is 5.32 Å². The molecule has 1 amide bonds. The Labute approximate surface area is 153 Å². The van der Waals surface area contributed by atoms with Crippen LogP contribution in [0.15, 0.2) is 18.6 Å². The highest BCUT2D eigenvalue weighted by Crippen LogP contribution is 2.24. The van der Waals surface area contributed by atoms with Crippen molar-refractivity contribution in [1.82, 2.24) is 19.7 Å². The zero-order valence-electron chi connectivity index (χ0n) is 15.2. The van der Waals surface area contributed by atoms with Crippen LogP contribution in [0.1, 0.15) is 50.0 Å². The minimum absolute atomic E-state index is 0.0704. The predicted octanol–water partition coefficient (Wildman–Crippen LogP) is 3.33. The SMILES string of the molecule is CC(=O)Nc1ncc(CN2CCCC(Cn3cc(C(C)C)cn3)C2)s1. The molecule has 1 fully saturated rings. The minimum atomic E-state index is -0.0704. The number of piperidine rings is 1. The van der Waals surface area contributed by atoms with E-state index in [0.29, 0.717) is 17.0 Å². The van der Waals surface area contributed by atoms with Crippen molar-refractivity contribution in [2.75, 3.05) is 18.4 Å². The Morgan fingerprint density at radius 3 is 3.00 bits per heavy atom. The molecule has 3 heterocycles. The Bertz CT molecular complexity index is 708. The maximum absolute atomic E-state index is 11.1. The smallest absolute Gasteiger partial charge is 0.223 e. The van der Waals surface area contributed by atoms with Crippen molar-refractivity contribution in [3.05, 3.63) is 29.0 Å². The molecule has 1 N–H and O–H groups in total. The predicted molar refractivity (Wildman–Crippen MR) is 101 cm³/mol. The van der Waals surface area contributed by atoms with Gasteiger partial charge in [0.15, 0.2) is 5.13 Å². The van der Waals surface area contributed by atoms with E-state index in [2.05, 4.69) is 45.0 Å². The maximum Gasteiger partial charge on any atom is 0.223 e. The summed E-state index contributed by atoms with van der Waals surface area (Å²) < 4.78 is 2.10. The summed E-state index contributed by atoms with van der Waals surface area (Å²) in [6.07, 6.45) is 8.54. The first-order chi connectivity index (χ1) is 12.0. The molecule has 0 radical (unpaired) electrons. The molecule has 0 spiro atoms. The van der Waals surface area contributed by atoms with Crippen LogP contribution in [0.4, 0.5) is 5.13 Å². The number of nitrogens with zero attached hydrogens (tertiary/aromatic N) is 4. The molecule has 1 saturated heterocycles. The van der Waals surface area contributed by atoms with Gasteiger partial charge >= 0.3 is 0 Å². The number of anilines is 1. The van der Waals surface area contributed by atoms with E-state index in [0.717, 1.165) is 26.2 Å². The third-order valence-electron chi connectivity index (χ3n) is 4.58. The van der Waals surface area contributed by atoms with Gasteiger partial charge in [-0.25, -0.2) is 4.98 Å². The summed E-state index contributed by atoms with van der Waals surface area (Å²) >= 11 is 1.56. The van der Waals surface area contributed by atoms with E-state index in [1.807, 2.05) is 12.4 Å². The highest BCUT2D eigenvalue weighted by Gasteiger charge is 2.21. The molecule has 2 aromatic heterocycles. The molecule has 1 aliphatic heterocycles. The van der Waals surface area contributed by atoms with Crippen LogP contribution in [0.5, 0.6) is 0 Å². The molecular formula is C18H27N5OS. The minimum Gasteiger partial charge on any atom is -0.302 e. The Morgan fingerprint density at radius 1 is 1.44 bits per heavy atom. The Hall–Kier alpha value is -1.73. The first-order valence-corrected chi connectivity index (χ1v) is 9.78. The van der Waals surface area contributed by atoms with Crippen LogP contribution >= 0.6 is 11.3 Å². The van der Waals surface area contributed by atoms with Crippen LogP contribution < -0.4 is 5.32 Å². The van der Waals surface area contributed by atoms with Crippen molar-refractivity contribution in [1.29, 1.82) is 0 Å². The number of nitrogens with one attached hydrogen (secondary N) is 1. The number of hydrogen-bond acceptors (Lipinski definition) is 5. The topological polar surface area (TPSA) is 63.1 Å². The first-order valence-electron chi connectivity index (χ1n) is 8.96. The van der Waals surface area contributed by atoms with E-state index in [4.69, 9.17) is 0 Å². The molecule has 1 atom stereocenters. The van der Waals surface area contributed by atoms with Crippen molar-refractivity contribution in [2.24, 2.45) is 5.92 Å². The third-order valence-corrected chi connectivity index (χ3v) is 5.48. The van der Waals surface area contributed by atoms with E-state index in [1.54, 1.807) is 11.3 Å². The van der Waals surface area contributed by atoms with Gasteiger partial charge in [0.1, 0.15) is 0 Å². The number of aromatic nitrogens is 3. The molecule has 0 bridgehead atoms. The summed E-state index contributed by atoms with van der Waals surface area (Å²) in [6.45, 7) is 10.0. The monoisotopic (exact) mass is 361 g/mol. The number of amides is 1. The van der Waals surface area contributed by atoms with Gasteiger partial charge in [-0.2, -0.15) is 5.10 Å². The zero-order valence-corrected chi connectivity index (χ0v) is 16.1. The van der Waals surface area contributed by atoms with Crippen molar-refractivity contribution >= 4 is 22.4 Å². The van der Waals surface area contributed by atoms with Gasteiger partial charge in [-0.3, -0.25) is 14.4 Å². The average molecular weight is 362 g/mol. The van der Waals surface area contributed by atoms with Gasteiger partial charge in [-0.05, 0) is 36.8 Å². The van der Waals surface area contributed by atoms with Crippen molar-refractivity contribution in [3.8, 4) is 0 Å². The van der Waals surface area contributed by atoms with E-state index < -0.39 is 0 Å². The van der Waals surface area contributed by atoms with E-state index in [9.17, 15) is 4.79 Å². The van der Waals surface area contributed by atoms with Crippen LogP contribution in [0.3, 0.4) is 0 Å². The van der Waals surface area contributed by atoms with Crippen molar-refractivity contribution in [3.63, 3.8) is 0 Å². The maximum atomic E-state index is 11.1. The zero-order chi connectivity index (χ0) is 17.8. The summed E-state index contributed by atoms with van der Waals surface area (Å²) in [5.74, 6) is 1.09. The number of likely N-dealkylation sites (tertiary alicyclic amines) is 1. The molecule has 0 saturated carbocycles. The van der Waals surface area contributed by atoms with Gasteiger partial charge in [-0.15, -0.1) is 11.3 Å². The summed E-state index contributed by atoms with van der Waals surface area (Å²) in [7, 11) is 0. The van der Waals surface area contributed by atoms with E-state index in [1.165, 1.54) is 30.2 Å². The number of thiazole rings is 1. The Kier molecular flexibility index (Phi) is 5.86. The van der Waals surface area contributed by atoms with E-state index in [-0.39, 0.29) is 5.91 Å². The number of rotatable bonds is 6. The standard InChI is InChI=1S/C18H27N5OS/c1-13(2)16-7-20-23(11-16)10-15-5-4-6-22(9-15)12-17-8-19-18(25-17)21-14(3)24/h7-8,11,13,15H,4-6,9-10,12H2,1-3H3,(H,19,21,24). The molecule has 0 aliphatic carbocycles. The number of hydrogen-bond donors (Lipinski definition) is 1. The Balaban J connectivity index is 1.53. The van der Waals surface area contributed by atoms with Crippen LogP contribution in [0.25, 0.3) is 0 Å². The van der Waals surface area contributed by atoms with E-state index >= 15 is 0 Å². The molecule has 136 valence electrons.